The molecule has 0 bridgehead atoms. The van der Waals surface area contributed by atoms with Crippen LogP contribution in [-0.2, 0) is 0 Å². The van der Waals surface area contributed by atoms with Gasteiger partial charge < -0.3 is 0 Å². The molecular formula is C17H24P2. The van der Waals surface area contributed by atoms with Crippen molar-refractivity contribution in [2.75, 3.05) is 0 Å². The first-order valence-corrected chi connectivity index (χ1v) is 10.9. The van der Waals surface area contributed by atoms with E-state index in [0.29, 0.717) is 0 Å². The number of benzene rings is 1. The molecule has 2 unspecified atom stereocenters. The van der Waals surface area contributed by atoms with E-state index in [2.05, 4.69) is 38.1 Å². The Labute approximate surface area is 119 Å². The zero-order valence-corrected chi connectivity index (χ0v) is 13.8. The summed E-state index contributed by atoms with van der Waals surface area (Å²) >= 11 is 0. The standard InChI is InChI=1S/C17H24P2/c1-12-7-9-14-11-15-10-8-13(2)19(15)17-6-4-3-5-16(17)18(12)14/h3-6,12-15H,7-11H2,1-2H3/t12-,13-,14+,15+,18?,19?/m1/s1. The Bertz CT molecular complexity index is 441. The predicted molar refractivity (Wildman–Crippen MR) is 89.1 cm³/mol. The second-order valence-corrected chi connectivity index (χ2v) is 12.5. The number of hydrogen-bond donors (Lipinski definition) is 0. The van der Waals surface area contributed by atoms with Crippen LogP contribution < -0.4 is 10.6 Å². The highest BCUT2D eigenvalue weighted by molar-refractivity contribution is 7.74. The minimum Gasteiger partial charge on any atom is -0.0685 e. The van der Waals surface area contributed by atoms with Crippen molar-refractivity contribution in [3.8, 4) is 0 Å². The van der Waals surface area contributed by atoms with Crippen LogP contribution in [-0.4, -0.2) is 22.6 Å². The third-order valence-corrected chi connectivity index (χ3v) is 12.6. The second kappa shape index (κ2) is 4.82. The van der Waals surface area contributed by atoms with Crippen LogP contribution in [0.5, 0.6) is 0 Å². The van der Waals surface area contributed by atoms with Gasteiger partial charge in [-0.15, -0.1) is 0 Å². The van der Waals surface area contributed by atoms with Gasteiger partial charge in [0, 0.05) is 0 Å². The molecule has 102 valence electrons. The molecule has 0 amide bonds. The Morgan fingerprint density at radius 3 is 1.74 bits per heavy atom. The van der Waals surface area contributed by atoms with Gasteiger partial charge in [-0.3, -0.25) is 0 Å². The molecule has 3 heterocycles. The molecule has 0 saturated carbocycles. The number of rotatable bonds is 0. The Kier molecular flexibility index (Phi) is 3.25. The van der Waals surface area contributed by atoms with Crippen LogP contribution in [0, 0.1) is 0 Å². The fourth-order valence-corrected chi connectivity index (χ4v) is 12.6. The minimum atomic E-state index is 0.149. The van der Waals surface area contributed by atoms with Crippen molar-refractivity contribution in [1.29, 1.82) is 0 Å². The Morgan fingerprint density at radius 2 is 1.26 bits per heavy atom. The van der Waals surface area contributed by atoms with E-state index in [1.165, 1.54) is 25.7 Å². The molecule has 6 atom stereocenters. The van der Waals surface area contributed by atoms with Crippen molar-refractivity contribution in [3.05, 3.63) is 24.3 Å². The molecule has 1 aromatic carbocycles. The van der Waals surface area contributed by atoms with E-state index in [-0.39, 0.29) is 15.8 Å². The molecule has 2 saturated heterocycles. The predicted octanol–water partition coefficient (Wildman–Crippen LogP) is 4.41. The van der Waals surface area contributed by atoms with E-state index in [0.717, 1.165) is 22.6 Å². The largest absolute Gasteiger partial charge is 0.0685 e. The third-order valence-electron chi connectivity index (χ3n) is 5.55. The van der Waals surface area contributed by atoms with Gasteiger partial charge in [0.25, 0.3) is 0 Å². The summed E-state index contributed by atoms with van der Waals surface area (Å²) in [4.78, 5) is 0. The monoisotopic (exact) mass is 290 g/mol. The molecule has 1 aromatic rings. The molecule has 0 N–H and O–H groups in total. The molecule has 3 aliphatic rings. The van der Waals surface area contributed by atoms with E-state index in [1.54, 1.807) is 6.42 Å². The van der Waals surface area contributed by atoms with E-state index in [9.17, 15) is 0 Å². The molecular weight excluding hydrogens is 266 g/mol. The quantitative estimate of drug-likeness (QED) is 0.621. The summed E-state index contributed by atoms with van der Waals surface area (Å²) in [5, 5.41) is 3.66. The molecule has 19 heavy (non-hydrogen) atoms. The summed E-state index contributed by atoms with van der Waals surface area (Å²) in [5.41, 5.74) is 4.08. The van der Waals surface area contributed by atoms with E-state index >= 15 is 0 Å². The van der Waals surface area contributed by atoms with Crippen LogP contribution in [0.2, 0.25) is 0 Å². The summed E-state index contributed by atoms with van der Waals surface area (Å²) < 4.78 is 0. The summed E-state index contributed by atoms with van der Waals surface area (Å²) in [6, 6.07) is 9.62. The van der Waals surface area contributed by atoms with Crippen molar-refractivity contribution < 1.29 is 0 Å². The summed E-state index contributed by atoms with van der Waals surface area (Å²) in [6.07, 6.45) is 7.60. The molecule has 0 aromatic heterocycles. The van der Waals surface area contributed by atoms with E-state index in [4.69, 9.17) is 0 Å². The van der Waals surface area contributed by atoms with E-state index in [1.807, 2.05) is 10.6 Å². The molecule has 0 aliphatic carbocycles. The molecule has 2 heteroatoms. The third kappa shape index (κ3) is 1.94. The molecule has 3 aliphatic heterocycles. The molecule has 4 rings (SSSR count). The first-order chi connectivity index (χ1) is 9.25. The Morgan fingerprint density at radius 1 is 0.789 bits per heavy atom. The lowest BCUT2D eigenvalue weighted by atomic mass is 10.1. The zero-order valence-electron chi connectivity index (χ0n) is 12.0. The maximum Gasteiger partial charge on any atom is -0.0158 e. The highest BCUT2D eigenvalue weighted by Gasteiger charge is 2.45. The molecule has 0 nitrogen and oxygen atoms in total. The van der Waals surface area contributed by atoms with Crippen molar-refractivity contribution in [1.82, 2.24) is 0 Å². The Hall–Kier alpha value is 0.0800. The van der Waals surface area contributed by atoms with Crippen LogP contribution in [0.3, 0.4) is 0 Å². The van der Waals surface area contributed by atoms with Gasteiger partial charge in [-0.25, -0.2) is 0 Å². The fourth-order valence-electron chi connectivity index (χ4n) is 4.69. The SMILES string of the molecule is C[C@@H]1CC[C@H]2C[C@@H]3CC[C@@H](C)P3c3ccccc3P21. The maximum atomic E-state index is 2.53. The molecule has 0 spiro atoms. The highest BCUT2D eigenvalue weighted by Crippen LogP contribution is 2.65. The van der Waals surface area contributed by atoms with Gasteiger partial charge in [-0.1, -0.05) is 54.0 Å². The molecule has 2 fully saturated rings. The average molecular weight is 290 g/mol. The van der Waals surface area contributed by atoms with Gasteiger partial charge in [0.15, 0.2) is 0 Å². The van der Waals surface area contributed by atoms with Crippen molar-refractivity contribution in [2.24, 2.45) is 0 Å². The van der Waals surface area contributed by atoms with Gasteiger partial charge in [0.1, 0.15) is 0 Å². The lowest BCUT2D eigenvalue weighted by Gasteiger charge is -2.25. The van der Waals surface area contributed by atoms with Gasteiger partial charge in [-0.05, 0) is 65.3 Å². The van der Waals surface area contributed by atoms with Crippen LogP contribution >= 0.6 is 15.8 Å². The normalized spacial score (nSPS) is 44.3. The first kappa shape index (κ1) is 12.8. The maximum absolute atomic E-state index is 2.53. The lowest BCUT2D eigenvalue weighted by Crippen LogP contribution is -2.25. The number of fused-ring (bicyclic) bond motifs is 5. The molecule has 0 radical (unpaired) electrons. The summed E-state index contributed by atoms with van der Waals surface area (Å²) in [6.45, 7) is 5.06. The van der Waals surface area contributed by atoms with Crippen molar-refractivity contribution in [3.63, 3.8) is 0 Å². The van der Waals surface area contributed by atoms with Crippen LogP contribution in [0.4, 0.5) is 0 Å². The lowest BCUT2D eigenvalue weighted by molar-refractivity contribution is 0.643. The summed E-state index contributed by atoms with van der Waals surface area (Å²) in [7, 11) is 0.298. The van der Waals surface area contributed by atoms with E-state index < -0.39 is 0 Å². The Balaban J connectivity index is 1.86. The van der Waals surface area contributed by atoms with Crippen LogP contribution in [0.25, 0.3) is 0 Å². The fraction of sp³-hybridized carbons (Fsp3) is 0.647. The van der Waals surface area contributed by atoms with Gasteiger partial charge in [0.2, 0.25) is 0 Å². The average Bonchev–Trinajstić information content (AvgIpc) is 2.90. The van der Waals surface area contributed by atoms with Crippen LogP contribution in [0.1, 0.15) is 46.0 Å². The van der Waals surface area contributed by atoms with Crippen LogP contribution in [0.15, 0.2) is 24.3 Å². The number of hydrogen-bond acceptors (Lipinski definition) is 0. The second-order valence-electron chi connectivity index (χ2n) is 6.70. The minimum absolute atomic E-state index is 0.149. The van der Waals surface area contributed by atoms with Gasteiger partial charge >= 0.3 is 0 Å². The smallest absolute Gasteiger partial charge is 0.0158 e. The zero-order chi connectivity index (χ0) is 13.0. The van der Waals surface area contributed by atoms with Crippen molar-refractivity contribution in [2.45, 2.75) is 68.6 Å². The van der Waals surface area contributed by atoms with Gasteiger partial charge in [0.05, 0.1) is 0 Å². The highest BCUT2D eigenvalue weighted by atomic mass is 31.1. The van der Waals surface area contributed by atoms with Gasteiger partial charge in [-0.2, -0.15) is 0 Å². The first-order valence-electron chi connectivity index (χ1n) is 7.91. The van der Waals surface area contributed by atoms with Crippen molar-refractivity contribution >= 4 is 26.5 Å². The topological polar surface area (TPSA) is 0 Å². The summed E-state index contributed by atoms with van der Waals surface area (Å²) in [5.74, 6) is 0.